The summed E-state index contributed by atoms with van der Waals surface area (Å²) < 4.78 is 2.36. The van der Waals surface area contributed by atoms with Crippen LogP contribution in [0.5, 0.6) is 0 Å². The van der Waals surface area contributed by atoms with Crippen LogP contribution in [-0.2, 0) is 11.8 Å². The quantitative estimate of drug-likeness (QED) is 0.165. The van der Waals surface area contributed by atoms with E-state index in [1.54, 1.807) is 0 Å². The van der Waals surface area contributed by atoms with Gasteiger partial charge in [-0.1, -0.05) is 170 Å². The number of fused-ring (bicyclic) bond motifs is 6. The second-order valence-electron chi connectivity index (χ2n) is 17.0. The zero-order valence-electron chi connectivity index (χ0n) is 35.3. The van der Waals surface area contributed by atoms with Gasteiger partial charge in [-0.05, 0) is 129 Å². The molecule has 1 N–H and O–H groups in total. The van der Waals surface area contributed by atoms with E-state index in [1.165, 1.54) is 50.2 Å². The number of aromatic nitrogens is 1. The minimum absolute atomic E-state index is 0.437. The van der Waals surface area contributed by atoms with Gasteiger partial charge in [-0.25, -0.2) is 0 Å². The molecule has 0 saturated carbocycles. The first kappa shape index (κ1) is 37.6. The summed E-state index contributed by atoms with van der Waals surface area (Å²) in [4.78, 5) is 2.40. The number of hydrogen-bond acceptors (Lipinski definition) is 2. The monoisotopic (exact) mass is 820 g/mol. The number of nitrogens with zero attached hydrogens (tertiary/aromatic N) is 2. The number of aliphatic hydroxyl groups is 1. The van der Waals surface area contributed by atoms with Crippen LogP contribution in [0.4, 0.5) is 17.1 Å². The fourth-order valence-corrected chi connectivity index (χ4v) is 10.6. The predicted octanol–water partition coefficient (Wildman–Crippen LogP) is 15.6. The third kappa shape index (κ3) is 6.04. The molecule has 0 bridgehead atoms. The lowest BCUT2D eigenvalue weighted by Gasteiger charge is -2.35. The summed E-state index contributed by atoms with van der Waals surface area (Å²) in [5.41, 5.74) is 19.6. The van der Waals surface area contributed by atoms with Gasteiger partial charge in [-0.3, -0.25) is 0 Å². The molecular weight excluding hydrogens is 777 g/mol. The third-order valence-electron chi connectivity index (χ3n) is 13.4. The van der Waals surface area contributed by atoms with E-state index in [0.717, 1.165) is 56.8 Å². The predicted molar refractivity (Wildman–Crippen MR) is 265 cm³/mol. The molecule has 9 aromatic carbocycles. The standard InChI is InChI=1S/C61H44N2O/c64-52-35-38-60-56(41-52)55-39-45(29-37-59(55)63(60)48-21-11-4-12-22-48)44-27-32-50(33-28-44)62(49-30-25-43(26-31-49)42-15-5-1-6-16-42)51-34-36-54-53-23-13-14-24-57(53)61(58(54)40-51,46-17-7-2-8-18-46)47-19-9-3-10-20-47/h1-34,36-37,39-41,64H,35,38H2. The fourth-order valence-electron chi connectivity index (χ4n) is 10.6. The molecule has 1 aromatic heterocycles. The highest BCUT2D eigenvalue weighted by atomic mass is 16.3. The Morgan fingerprint density at radius 3 is 1.59 bits per heavy atom. The van der Waals surface area contributed by atoms with Crippen molar-refractivity contribution in [3.63, 3.8) is 0 Å². The van der Waals surface area contributed by atoms with Crippen LogP contribution in [0.1, 0.15) is 39.9 Å². The average molecular weight is 821 g/mol. The van der Waals surface area contributed by atoms with Gasteiger partial charge in [0.1, 0.15) is 0 Å². The number of rotatable bonds is 8. The van der Waals surface area contributed by atoms with E-state index in [4.69, 9.17) is 0 Å². The van der Waals surface area contributed by atoms with Gasteiger partial charge in [-0.15, -0.1) is 0 Å². The Hall–Kier alpha value is -8.14. The molecule has 0 atom stereocenters. The molecule has 0 spiro atoms. The molecule has 64 heavy (non-hydrogen) atoms. The zero-order chi connectivity index (χ0) is 42.6. The normalized spacial score (nSPS) is 13.5. The Balaban J connectivity index is 1.01. The van der Waals surface area contributed by atoms with Gasteiger partial charge in [-0.2, -0.15) is 0 Å². The van der Waals surface area contributed by atoms with Crippen molar-refractivity contribution in [1.29, 1.82) is 0 Å². The minimum atomic E-state index is -0.513. The van der Waals surface area contributed by atoms with Crippen molar-refractivity contribution >= 4 is 34.0 Å². The smallest absolute Gasteiger partial charge is 0.0933 e. The fraction of sp³-hybridized carbons (Fsp3) is 0.0492. The molecule has 1 heterocycles. The van der Waals surface area contributed by atoms with E-state index in [-0.39, 0.29) is 0 Å². The van der Waals surface area contributed by atoms with E-state index >= 15 is 0 Å². The van der Waals surface area contributed by atoms with Crippen molar-refractivity contribution in [1.82, 2.24) is 4.57 Å². The van der Waals surface area contributed by atoms with E-state index in [9.17, 15) is 5.11 Å². The summed E-state index contributed by atoms with van der Waals surface area (Å²) in [6.45, 7) is 0. The van der Waals surface area contributed by atoms with E-state index in [0.29, 0.717) is 12.2 Å². The summed E-state index contributed by atoms with van der Waals surface area (Å²) in [6.07, 6.45) is 3.40. The van der Waals surface area contributed by atoms with Crippen molar-refractivity contribution in [3.05, 3.63) is 270 Å². The summed E-state index contributed by atoms with van der Waals surface area (Å²) >= 11 is 0. The largest absolute Gasteiger partial charge is 0.512 e. The molecule has 3 nitrogen and oxygen atoms in total. The van der Waals surface area contributed by atoms with Crippen LogP contribution in [0.3, 0.4) is 0 Å². The molecule has 2 aliphatic carbocycles. The Morgan fingerprint density at radius 1 is 0.422 bits per heavy atom. The van der Waals surface area contributed by atoms with Crippen molar-refractivity contribution in [2.75, 3.05) is 4.90 Å². The van der Waals surface area contributed by atoms with Crippen LogP contribution < -0.4 is 4.90 Å². The Bertz CT molecular complexity index is 3310. The lowest BCUT2D eigenvalue weighted by atomic mass is 9.67. The number of allylic oxidation sites excluding steroid dienone is 1. The number of benzene rings is 9. The first-order valence-corrected chi connectivity index (χ1v) is 22.2. The lowest BCUT2D eigenvalue weighted by molar-refractivity contribution is 0.390. The maximum Gasteiger partial charge on any atom is 0.0933 e. The molecule has 0 amide bonds. The van der Waals surface area contributed by atoms with Crippen LogP contribution in [-0.4, -0.2) is 9.67 Å². The number of hydrogen-bond donors (Lipinski definition) is 1. The van der Waals surface area contributed by atoms with Crippen molar-refractivity contribution in [3.8, 4) is 39.1 Å². The van der Waals surface area contributed by atoms with Gasteiger partial charge in [0.15, 0.2) is 0 Å². The van der Waals surface area contributed by atoms with Crippen LogP contribution in [0.25, 0.3) is 56.0 Å². The van der Waals surface area contributed by atoms with E-state index in [1.807, 2.05) is 6.08 Å². The van der Waals surface area contributed by atoms with Crippen LogP contribution in [0.15, 0.2) is 236 Å². The van der Waals surface area contributed by atoms with E-state index in [2.05, 4.69) is 240 Å². The molecular formula is C61H44N2O. The molecule has 0 unspecified atom stereocenters. The highest BCUT2D eigenvalue weighted by Crippen LogP contribution is 2.57. The molecule has 0 fully saturated rings. The molecule has 10 aromatic rings. The van der Waals surface area contributed by atoms with E-state index < -0.39 is 5.41 Å². The number of aliphatic hydroxyl groups excluding tert-OH is 1. The SMILES string of the molecule is OC1=Cc2c(n(-c3ccccc3)c3ccc(-c4ccc(N(c5ccc(-c6ccccc6)cc5)c5ccc6c(c5)C(c5ccccc5)(c5ccccc5)c5ccccc5-6)cc4)cc23)CC1. The van der Waals surface area contributed by atoms with Crippen molar-refractivity contribution in [2.45, 2.75) is 18.3 Å². The molecule has 0 radical (unpaired) electrons. The molecule has 3 heteroatoms. The summed E-state index contributed by atoms with van der Waals surface area (Å²) in [6, 6.07) is 83.9. The molecule has 304 valence electrons. The molecule has 2 aliphatic rings. The Morgan fingerprint density at radius 2 is 0.938 bits per heavy atom. The van der Waals surface area contributed by atoms with Gasteiger partial charge < -0.3 is 14.6 Å². The summed E-state index contributed by atoms with van der Waals surface area (Å²) in [5.74, 6) is 0.437. The first-order chi connectivity index (χ1) is 31.6. The topological polar surface area (TPSA) is 28.4 Å². The third-order valence-corrected chi connectivity index (χ3v) is 13.4. The van der Waals surface area contributed by atoms with Crippen LogP contribution in [0.2, 0.25) is 0 Å². The van der Waals surface area contributed by atoms with Gasteiger partial charge in [0.25, 0.3) is 0 Å². The lowest BCUT2D eigenvalue weighted by Crippen LogP contribution is -2.28. The first-order valence-electron chi connectivity index (χ1n) is 22.2. The molecule has 0 saturated heterocycles. The average Bonchev–Trinajstić information content (AvgIpc) is 3.85. The van der Waals surface area contributed by atoms with Crippen molar-refractivity contribution in [2.24, 2.45) is 0 Å². The molecule has 12 rings (SSSR count). The number of para-hydroxylation sites is 1. The maximum absolute atomic E-state index is 10.7. The van der Waals surface area contributed by atoms with Crippen molar-refractivity contribution < 1.29 is 5.11 Å². The summed E-state index contributed by atoms with van der Waals surface area (Å²) in [7, 11) is 0. The second kappa shape index (κ2) is 15.3. The maximum atomic E-state index is 10.7. The van der Waals surface area contributed by atoms with Gasteiger partial charge in [0.2, 0.25) is 0 Å². The highest BCUT2D eigenvalue weighted by molar-refractivity contribution is 5.97. The van der Waals surface area contributed by atoms with Crippen LogP contribution in [0, 0.1) is 0 Å². The van der Waals surface area contributed by atoms with Gasteiger partial charge in [0.05, 0.1) is 16.7 Å². The van der Waals surface area contributed by atoms with Gasteiger partial charge >= 0.3 is 0 Å². The Labute approximate surface area is 374 Å². The van der Waals surface area contributed by atoms with Gasteiger partial charge in [0, 0.05) is 45.8 Å². The number of anilines is 3. The minimum Gasteiger partial charge on any atom is -0.512 e. The summed E-state index contributed by atoms with van der Waals surface area (Å²) in [5, 5.41) is 11.9. The second-order valence-corrected chi connectivity index (χ2v) is 17.0. The highest BCUT2D eigenvalue weighted by Gasteiger charge is 2.46. The Kier molecular flexibility index (Phi) is 9.01. The zero-order valence-corrected chi connectivity index (χ0v) is 35.3. The van der Waals surface area contributed by atoms with Crippen LogP contribution >= 0.6 is 0 Å². The molecule has 0 aliphatic heterocycles.